The van der Waals surface area contributed by atoms with Crippen LogP contribution in [0.1, 0.15) is 58.9 Å². The molecule has 0 aliphatic heterocycles. The summed E-state index contributed by atoms with van der Waals surface area (Å²) < 4.78 is 17.8. The van der Waals surface area contributed by atoms with E-state index in [4.69, 9.17) is 13.9 Å². The van der Waals surface area contributed by atoms with Crippen molar-refractivity contribution in [2.75, 3.05) is 13.7 Å². The SMILES string of the molecule is COC(=O)C1C=C[C@@](C)([C@H](CCCOCc2ccccc2)O[Si](C)(C)C(C)(C)C)CC1. The second kappa shape index (κ2) is 10.9. The predicted molar refractivity (Wildman–Crippen MR) is 129 cm³/mol. The van der Waals surface area contributed by atoms with Gasteiger partial charge in [-0.25, -0.2) is 0 Å². The van der Waals surface area contributed by atoms with Crippen LogP contribution in [0, 0.1) is 11.3 Å². The van der Waals surface area contributed by atoms with E-state index in [0.717, 1.165) is 32.3 Å². The van der Waals surface area contributed by atoms with Crippen LogP contribution in [0.3, 0.4) is 0 Å². The molecule has 0 spiro atoms. The Bertz CT molecular complexity index is 723. The maximum absolute atomic E-state index is 12.0. The van der Waals surface area contributed by atoms with Crippen molar-refractivity contribution in [3.05, 3.63) is 48.0 Å². The molecule has 0 saturated heterocycles. The molecule has 1 unspecified atom stereocenters. The summed E-state index contributed by atoms with van der Waals surface area (Å²) in [6, 6.07) is 10.3. The molecule has 1 aliphatic rings. The molecule has 0 bridgehead atoms. The van der Waals surface area contributed by atoms with Crippen molar-refractivity contribution >= 4 is 14.3 Å². The highest BCUT2D eigenvalue weighted by molar-refractivity contribution is 6.74. The number of methoxy groups -OCH3 is 1. The van der Waals surface area contributed by atoms with Gasteiger partial charge in [-0.05, 0) is 49.4 Å². The van der Waals surface area contributed by atoms with Crippen LogP contribution in [-0.2, 0) is 25.3 Å². The molecule has 3 atom stereocenters. The van der Waals surface area contributed by atoms with Crippen LogP contribution < -0.4 is 0 Å². The van der Waals surface area contributed by atoms with E-state index in [1.54, 1.807) is 0 Å². The van der Waals surface area contributed by atoms with Crippen LogP contribution in [0.15, 0.2) is 42.5 Å². The van der Waals surface area contributed by atoms with E-state index >= 15 is 0 Å². The smallest absolute Gasteiger partial charge is 0.312 e. The quantitative estimate of drug-likeness (QED) is 0.178. The van der Waals surface area contributed by atoms with Gasteiger partial charge in [-0.2, -0.15) is 0 Å². The van der Waals surface area contributed by atoms with Crippen molar-refractivity contribution < 1.29 is 18.7 Å². The first-order chi connectivity index (χ1) is 14.5. The molecule has 1 aliphatic carbocycles. The van der Waals surface area contributed by atoms with Crippen molar-refractivity contribution in [2.24, 2.45) is 11.3 Å². The summed E-state index contributed by atoms with van der Waals surface area (Å²) in [6.45, 7) is 15.1. The Labute approximate surface area is 190 Å². The van der Waals surface area contributed by atoms with Crippen LogP contribution >= 0.6 is 0 Å². The van der Waals surface area contributed by atoms with E-state index in [9.17, 15) is 4.79 Å². The van der Waals surface area contributed by atoms with Gasteiger partial charge in [-0.15, -0.1) is 0 Å². The molecule has 1 aromatic rings. The Hall–Kier alpha value is -1.43. The summed E-state index contributed by atoms with van der Waals surface area (Å²) >= 11 is 0. The summed E-state index contributed by atoms with van der Waals surface area (Å²) in [5.74, 6) is -0.282. The van der Waals surface area contributed by atoms with Crippen LogP contribution in [-0.4, -0.2) is 34.1 Å². The monoisotopic (exact) mass is 446 g/mol. The fourth-order valence-corrected chi connectivity index (χ4v) is 5.24. The van der Waals surface area contributed by atoms with Gasteiger partial charge in [0.1, 0.15) is 0 Å². The van der Waals surface area contributed by atoms with Crippen LogP contribution in [0.25, 0.3) is 0 Å². The molecule has 4 nitrogen and oxygen atoms in total. The summed E-state index contributed by atoms with van der Waals surface area (Å²) in [5, 5.41) is 0.151. The zero-order valence-corrected chi connectivity index (χ0v) is 21.6. The third kappa shape index (κ3) is 7.30. The lowest BCUT2D eigenvalue weighted by molar-refractivity contribution is -0.144. The molecule has 31 heavy (non-hydrogen) atoms. The van der Waals surface area contributed by atoms with E-state index in [1.807, 2.05) is 24.3 Å². The van der Waals surface area contributed by atoms with E-state index in [1.165, 1.54) is 12.7 Å². The first-order valence-electron chi connectivity index (χ1n) is 11.6. The number of benzene rings is 1. The fraction of sp³-hybridized carbons (Fsp3) is 0.654. The Kier molecular flexibility index (Phi) is 9.11. The Morgan fingerprint density at radius 3 is 2.45 bits per heavy atom. The van der Waals surface area contributed by atoms with Crippen LogP contribution in [0.2, 0.25) is 18.1 Å². The van der Waals surface area contributed by atoms with Gasteiger partial charge >= 0.3 is 5.97 Å². The topological polar surface area (TPSA) is 44.8 Å². The molecule has 1 aromatic carbocycles. The molecule has 0 aromatic heterocycles. The molecule has 5 heteroatoms. The van der Waals surface area contributed by atoms with E-state index in [0.29, 0.717) is 6.61 Å². The van der Waals surface area contributed by atoms with Gasteiger partial charge in [-0.1, -0.05) is 70.2 Å². The minimum absolute atomic E-state index is 0.0839. The molecule has 174 valence electrons. The lowest BCUT2D eigenvalue weighted by Crippen LogP contribution is -2.49. The lowest BCUT2D eigenvalue weighted by atomic mass is 9.72. The van der Waals surface area contributed by atoms with Crippen LogP contribution in [0.4, 0.5) is 0 Å². The van der Waals surface area contributed by atoms with Crippen molar-refractivity contribution in [3.63, 3.8) is 0 Å². The number of carbonyl (C=O) groups excluding carboxylic acids is 1. The molecule has 0 heterocycles. The van der Waals surface area contributed by atoms with Crippen molar-refractivity contribution in [1.82, 2.24) is 0 Å². The number of ether oxygens (including phenoxy) is 2. The first kappa shape index (κ1) is 25.8. The average molecular weight is 447 g/mol. The van der Waals surface area contributed by atoms with Gasteiger partial charge in [0.15, 0.2) is 8.32 Å². The Balaban J connectivity index is 2.03. The minimum Gasteiger partial charge on any atom is -0.469 e. The van der Waals surface area contributed by atoms with Gasteiger partial charge in [0.25, 0.3) is 0 Å². The van der Waals surface area contributed by atoms with Crippen molar-refractivity contribution in [3.8, 4) is 0 Å². The second-order valence-electron chi connectivity index (χ2n) is 10.6. The van der Waals surface area contributed by atoms with E-state index in [2.05, 4.69) is 59.0 Å². The van der Waals surface area contributed by atoms with Crippen molar-refractivity contribution in [2.45, 2.75) is 84.2 Å². The highest BCUT2D eigenvalue weighted by atomic mass is 28.4. The van der Waals surface area contributed by atoms with Gasteiger partial charge in [0.05, 0.1) is 25.7 Å². The number of rotatable bonds is 10. The van der Waals surface area contributed by atoms with Gasteiger partial charge < -0.3 is 13.9 Å². The average Bonchev–Trinajstić information content (AvgIpc) is 2.72. The zero-order valence-electron chi connectivity index (χ0n) is 20.6. The standard InChI is InChI=1S/C26H42O4Si/c1-25(2,3)31(6,7)30-23(14-11-19-29-20-21-12-9-8-10-13-21)26(4)17-15-22(16-18-26)24(27)28-5/h8-10,12-13,15,17,22-23H,11,14,16,18-20H2,1-7H3/t22?,23-,26+/m0/s1. The predicted octanol–water partition coefficient (Wildman–Crippen LogP) is 6.52. The van der Waals surface area contributed by atoms with Crippen molar-refractivity contribution in [1.29, 1.82) is 0 Å². The first-order valence-corrected chi connectivity index (χ1v) is 14.5. The fourth-order valence-electron chi connectivity index (χ4n) is 3.79. The van der Waals surface area contributed by atoms with Gasteiger partial charge in [0.2, 0.25) is 0 Å². The van der Waals surface area contributed by atoms with E-state index < -0.39 is 8.32 Å². The number of hydrogen-bond donors (Lipinski definition) is 0. The third-order valence-electron chi connectivity index (χ3n) is 7.05. The summed E-state index contributed by atoms with van der Waals surface area (Å²) in [5.41, 5.74) is 1.12. The Morgan fingerprint density at radius 2 is 1.90 bits per heavy atom. The maximum atomic E-state index is 12.0. The largest absolute Gasteiger partial charge is 0.469 e. The van der Waals surface area contributed by atoms with E-state index in [-0.39, 0.29) is 28.4 Å². The zero-order chi connectivity index (χ0) is 23.1. The number of esters is 1. The molecular weight excluding hydrogens is 404 g/mol. The number of carbonyl (C=O) groups is 1. The summed E-state index contributed by atoms with van der Waals surface area (Å²) in [7, 11) is -0.471. The maximum Gasteiger partial charge on any atom is 0.312 e. The molecule has 0 fully saturated rings. The molecule has 0 amide bonds. The lowest BCUT2D eigenvalue weighted by Gasteiger charge is -2.46. The Morgan fingerprint density at radius 1 is 1.23 bits per heavy atom. The van der Waals surface area contributed by atoms with Crippen LogP contribution in [0.5, 0.6) is 0 Å². The second-order valence-corrected chi connectivity index (χ2v) is 15.3. The highest BCUT2D eigenvalue weighted by Crippen LogP contribution is 2.44. The molecule has 0 radical (unpaired) electrons. The summed E-state index contributed by atoms with van der Waals surface area (Å²) in [4.78, 5) is 12.0. The van der Waals surface area contributed by atoms with Gasteiger partial charge in [-0.3, -0.25) is 4.79 Å². The molecule has 2 rings (SSSR count). The van der Waals surface area contributed by atoms with Gasteiger partial charge in [0, 0.05) is 12.0 Å². The highest BCUT2D eigenvalue weighted by Gasteiger charge is 2.44. The molecule has 0 saturated carbocycles. The molecular formula is C26H42O4Si. The number of hydrogen-bond acceptors (Lipinski definition) is 4. The normalized spacial score (nSPS) is 22.9. The third-order valence-corrected chi connectivity index (χ3v) is 11.5. The molecule has 0 N–H and O–H groups in total. The minimum atomic E-state index is -1.93. The summed E-state index contributed by atoms with van der Waals surface area (Å²) in [6.07, 6.45) is 7.99.